The minimum Gasteiger partial charge on any atom is -0.336 e. The van der Waals surface area contributed by atoms with E-state index in [4.69, 9.17) is 0 Å². The molecule has 1 amide bonds. The van der Waals surface area contributed by atoms with Gasteiger partial charge in [-0.15, -0.1) is 0 Å². The highest BCUT2D eigenvalue weighted by Gasteiger charge is 2.30. The molecule has 1 fully saturated rings. The minimum absolute atomic E-state index is 0.0362. The van der Waals surface area contributed by atoms with E-state index in [1.54, 1.807) is 24.0 Å². The van der Waals surface area contributed by atoms with Crippen molar-refractivity contribution in [3.8, 4) is 0 Å². The summed E-state index contributed by atoms with van der Waals surface area (Å²) < 4.78 is 27.2. The number of rotatable bonds is 5. The average Bonchev–Trinajstić information content (AvgIpc) is 2.73. The summed E-state index contributed by atoms with van der Waals surface area (Å²) in [5.41, 5.74) is 1.81. The Hall–Kier alpha value is -2.78. The number of nitrogens with zero attached hydrogens (tertiary/aromatic N) is 3. The predicted octanol–water partition coefficient (Wildman–Crippen LogP) is 3.17. The summed E-state index contributed by atoms with van der Waals surface area (Å²) in [4.78, 5) is 25.0. The molecule has 1 aliphatic heterocycles. The summed E-state index contributed by atoms with van der Waals surface area (Å²) in [5.74, 6) is 0.0608. The lowest BCUT2D eigenvalue weighted by molar-refractivity contribution is -0.385. The van der Waals surface area contributed by atoms with Gasteiger partial charge in [-0.05, 0) is 42.7 Å². The van der Waals surface area contributed by atoms with Gasteiger partial charge in [0.25, 0.3) is 11.6 Å². The lowest BCUT2D eigenvalue weighted by Crippen LogP contribution is -2.50. The first kappa shape index (κ1) is 21.9. The average molecular weight is 432 g/mol. The zero-order valence-corrected chi connectivity index (χ0v) is 18.1. The lowest BCUT2D eigenvalue weighted by atomic mass is 10.0. The highest BCUT2D eigenvalue weighted by molar-refractivity contribution is 7.89. The molecule has 0 saturated carbocycles. The van der Waals surface area contributed by atoms with Gasteiger partial charge in [0.1, 0.15) is 0 Å². The number of amides is 1. The van der Waals surface area contributed by atoms with E-state index in [1.165, 1.54) is 22.5 Å². The molecule has 1 saturated heterocycles. The van der Waals surface area contributed by atoms with E-state index in [2.05, 4.69) is 0 Å². The van der Waals surface area contributed by atoms with E-state index < -0.39 is 14.9 Å². The maximum Gasteiger partial charge on any atom is 0.272 e. The van der Waals surface area contributed by atoms with Crippen LogP contribution in [-0.4, -0.2) is 54.6 Å². The molecular formula is C21H25N3O5S. The van der Waals surface area contributed by atoms with Gasteiger partial charge in [0.05, 0.1) is 9.82 Å². The van der Waals surface area contributed by atoms with Gasteiger partial charge in [0.15, 0.2) is 0 Å². The minimum atomic E-state index is -3.62. The van der Waals surface area contributed by atoms with Crippen molar-refractivity contribution in [1.82, 2.24) is 9.21 Å². The number of carbonyl (C=O) groups excluding carboxylic acids is 1. The summed E-state index contributed by atoms with van der Waals surface area (Å²) in [5, 5.41) is 11.0. The van der Waals surface area contributed by atoms with Crippen molar-refractivity contribution >= 4 is 21.6 Å². The Bertz CT molecular complexity index is 1060. The van der Waals surface area contributed by atoms with E-state index in [0.29, 0.717) is 17.0 Å². The summed E-state index contributed by atoms with van der Waals surface area (Å²) in [6.45, 7) is 6.61. The van der Waals surface area contributed by atoms with Crippen LogP contribution < -0.4 is 0 Å². The molecule has 2 aromatic rings. The van der Waals surface area contributed by atoms with Gasteiger partial charge in [0.2, 0.25) is 10.0 Å². The molecule has 160 valence electrons. The van der Waals surface area contributed by atoms with Crippen LogP contribution in [0, 0.1) is 17.0 Å². The number of sulfonamides is 1. The monoisotopic (exact) mass is 431 g/mol. The number of nitro benzene ring substituents is 1. The number of nitro groups is 1. The van der Waals surface area contributed by atoms with Crippen LogP contribution >= 0.6 is 0 Å². The van der Waals surface area contributed by atoms with E-state index in [1.807, 2.05) is 26.0 Å². The Morgan fingerprint density at radius 3 is 2.13 bits per heavy atom. The van der Waals surface area contributed by atoms with Crippen molar-refractivity contribution in [3.63, 3.8) is 0 Å². The van der Waals surface area contributed by atoms with Crippen LogP contribution in [0.1, 0.15) is 41.3 Å². The second-order valence-electron chi connectivity index (χ2n) is 7.68. The van der Waals surface area contributed by atoms with E-state index in [0.717, 1.165) is 5.56 Å². The quantitative estimate of drug-likeness (QED) is 0.535. The van der Waals surface area contributed by atoms with Gasteiger partial charge in [-0.1, -0.05) is 26.0 Å². The number of piperazine rings is 1. The molecule has 8 nitrogen and oxygen atoms in total. The van der Waals surface area contributed by atoms with Gasteiger partial charge in [-0.3, -0.25) is 14.9 Å². The smallest absolute Gasteiger partial charge is 0.272 e. The van der Waals surface area contributed by atoms with Crippen molar-refractivity contribution in [3.05, 3.63) is 69.3 Å². The molecule has 0 bridgehead atoms. The lowest BCUT2D eigenvalue weighted by Gasteiger charge is -2.34. The Morgan fingerprint density at radius 1 is 1.03 bits per heavy atom. The standard InChI is InChI=1S/C21H25N3O5S/c1-15(2)17-4-7-19(8-5-17)30(28,29)23-12-10-22(11-13-23)21(25)18-6-9-20(24(26)27)16(3)14-18/h4-9,14-15H,10-13H2,1-3H3. The molecule has 0 aliphatic carbocycles. The Labute approximate surface area is 176 Å². The molecule has 2 aromatic carbocycles. The van der Waals surface area contributed by atoms with Crippen molar-refractivity contribution in [2.24, 2.45) is 0 Å². The van der Waals surface area contributed by atoms with Crippen molar-refractivity contribution in [2.75, 3.05) is 26.2 Å². The summed E-state index contributed by atoms with van der Waals surface area (Å²) in [6.07, 6.45) is 0. The molecule has 0 N–H and O–H groups in total. The molecular weight excluding hydrogens is 406 g/mol. The second kappa shape index (κ2) is 8.53. The fourth-order valence-electron chi connectivity index (χ4n) is 3.48. The van der Waals surface area contributed by atoms with Gasteiger partial charge in [-0.25, -0.2) is 8.42 Å². The van der Waals surface area contributed by atoms with Crippen LogP contribution in [0.3, 0.4) is 0 Å². The first-order valence-electron chi connectivity index (χ1n) is 9.75. The zero-order chi connectivity index (χ0) is 22.1. The molecule has 0 aromatic heterocycles. The molecule has 0 atom stereocenters. The molecule has 0 unspecified atom stereocenters. The number of hydrogen-bond donors (Lipinski definition) is 0. The predicted molar refractivity (Wildman–Crippen MR) is 113 cm³/mol. The third kappa shape index (κ3) is 4.36. The Morgan fingerprint density at radius 2 is 1.63 bits per heavy atom. The van der Waals surface area contributed by atoms with Gasteiger partial charge in [-0.2, -0.15) is 4.31 Å². The Balaban J connectivity index is 1.68. The summed E-state index contributed by atoms with van der Waals surface area (Å²) in [7, 11) is -3.62. The first-order chi connectivity index (χ1) is 14.1. The molecule has 1 aliphatic rings. The maximum atomic E-state index is 12.9. The highest BCUT2D eigenvalue weighted by atomic mass is 32.2. The normalized spacial score (nSPS) is 15.4. The molecule has 9 heteroatoms. The topological polar surface area (TPSA) is 101 Å². The number of benzene rings is 2. The van der Waals surface area contributed by atoms with E-state index in [-0.39, 0.29) is 42.7 Å². The van der Waals surface area contributed by atoms with Crippen LogP contribution in [0.25, 0.3) is 0 Å². The van der Waals surface area contributed by atoms with E-state index in [9.17, 15) is 23.3 Å². The van der Waals surface area contributed by atoms with Crippen LogP contribution in [0.15, 0.2) is 47.4 Å². The highest BCUT2D eigenvalue weighted by Crippen LogP contribution is 2.23. The molecule has 1 heterocycles. The van der Waals surface area contributed by atoms with Gasteiger partial charge >= 0.3 is 0 Å². The van der Waals surface area contributed by atoms with Crippen LogP contribution in [-0.2, 0) is 10.0 Å². The largest absolute Gasteiger partial charge is 0.336 e. The third-order valence-corrected chi connectivity index (χ3v) is 7.26. The summed E-state index contributed by atoms with van der Waals surface area (Å²) in [6, 6.07) is 11.2. The SMILES string of the molecule is Cc1cc(C(=O)N2CCN(S(=O)(=O)c3ccc(C(C)C)cc3)CC2)ccc1[N+](=O)[O-]. The fraction of sp³-hybridized carbons (Fsp3) is 0.381. The Kier molecular flexibility index (Phi) is 6.23. The van der Waals surface area contributed by atoms with Crippen molar-refractivity contribution in [2.45, 2.75) is 31.6 Å². The number of aryl methyl sites for hydroxylation is 1. The van der Waals surface area contributed by atoms with Gasteiger partial charge < -0.3 is 4.90 Å². The van der Waals surface area contributed by atoms with Crippen LogP contribution in [0.4, 0.5) is 5.69 Å². The van der Waals surface area contributed by atoms with Gasteiger partial charge in [0, 0.05) is 43.4 Å². The second-order valence-corrected chi connectivity index (χ2v) is 9.62. The summed E-state index contributed by atoms with van der Waals surface area (Å²) >= 11 is 0. The van der Waals surface area contributed by atoms with Crippen LogP contribution in [0.2, 0.25) is 0 Å². The molecule has 0 spiro atoms. The first-order valence-corrected chi connectivity index (χ1v) is 11.2. The van der Waals surface area contributed by atoms with E-state index >= 15 is 0 Å². The fourth-order valence-corrected chi connectivity index (χ4v) is 4.90. The van der Waals surface area contributed by atoms with Crippen molar-refractivity contribution < 1.29 is 18.1 Å². The maximum absolute atomic E-state index is 12.9. The molecule has 0 radical (unpaired) electrons. The third-order valence-electron chi connectivity index (χ3n) is 5.35. The van der Waals surface area contributed by atoms with Crippen LogP contribution in [0.5, 0.6) is 0 Å². The molecule has 3 rings (SSSR count). The number of carbonyl (C=O) groups is 1. The number of hydrogen-bond acceptors (Lipinski definition) is 5. The molecule has 30 heavy (non-hydrogen) atoms. The zero-order valence-electron chi connectivity index (χ0n) is 17.2. The van der Waals surface area contributed by atoms with Crippen molar-refractivity contribution in [1.29, 1.82) is 0 Å².